The molecule has 0 amide bonds. The molecule has 4 heteroatoms. The number of rotatable bonds is 7. The molecule has 1 fully saturated rings. The van der Waals surface area contributed by atoms with Crippen LogP contribution in [0.4, 0.5) is 0 Å². The zero-order valence-electron chi connectivity index (χ0n) is 13.0. The smallest absolute Gasteiger partial charge is 0.150 e. The van der Waals surface area contributed by atoms with Gasteiger partial charge >= 0.3 is 0 Å². The van der Waals surface area contributed by atoms with Crippen molar-refractivity contribution in [1.82, 2.24) is 5.32 Å². The molecule has 1 N–H and O–H groups in total. The van der Waals surface area contributed by atoms with Crippen LogP contribution in [0.25, 0.3) is 0 Å². The monoisotopic (exact) mass is 289 g/mol. The first-order chi connectivity index (χ1) is 8.79. The quantitative estimate of drug-likeness (QED) is 0.784. The van der Waals surface area contributed by atoms with E-state index in [9.17, 15) is 8.42 Å². The van der Waals surface area contributed by atoms with Crippen LogP contribution in [-0.2, 0) is 9.84 Å². The van der Waals surface area contributed by atoms with Gasteiger partial charge in [-0.25, -0.2) is 8.42 Å². The summed E-state index contributed by atoms with van der Waals surface area (Å²) >= 11 is 0. The second kappa shape index (κ2) is 7.07. The molecule has 2 unspecified atom stereocenters. The molecule has 0 aliphatic heterocycles. The van der Waals surface area contributed by atoms with E-state index in [1.807, 2.05) is 7.05 Å². The number of sulfone groups is 1. The molecule has 0 aromatic rings. The van der Waals surface area contributed by atoms with Gasteiger partial charge in [-0.3, -0.25) is 0 Å². The van der Waals surface area contributed by atoms with Gasteiger partial charge in [0.05, 0.1) is 5.75 Å². The maximum Gasteiger partial charge on any atom is 0.150 e. The fourth-order valence-corrected chi connectivity index (χ4v) is 4.26. The Balaban J connectivity index is 2.50. The van der Waals surface area contributed by atoms with E-state index in [0.717, 1.165) is 25.3 Å². The summed E-state index contributed by atoms with van der Waals surface area (Å²) in [5, 5.41) is 3.29. The van der Waals surface area contributed by atoms with Crippen LogP contribution in [0, 0.1) is 17.3 Å². The third-order valence-electron chi connectivity index (χ3n) is 4.61. The van der Waals surface area contributed by atoms with Crippen LogP contribution in [0.2, 0.25) is 0 Å². The largest absolute Gasteiger partial charge is 0.319 e. The maximum atomic E-state index is 11.6. The van der Waals surface area contributed by atoms with E-state index in [2.05, 4.69) is 19.2 Å². The average Bonchev–Trinajstić information content (AvgIpc) is 2.32. The number of hydrogen-bond acceptors (Lipinski definition) is 3. The van der Waals surface area contributed by atoms with Crippen LogP contribution in [0.5, 0.6) is 0 Å². The second-order valence-electron chi connectivity index (χ2n) is 6.86. The topological polar surface area (TPSA) is 46.2 Å². The van der Waals surface area contributed by atoms with Crippen molar-refractivity contribution < 1.29 is 8.42 Å². The molecule has 1 aliphatic carbocycles. The van der Waals surface area contributed by atoms with E-state index in [1.54, 1.807) is 6.92 Å². The van der Waals surface area contributed by atoms with Crippen molar-refractivity contribution in [2.75, 3.05) is 25.1 Å². The molecule has 19 heavy (non-hydrogen) atoms. The van der Waals surface area contributed by atoms with Crippen LogP contribution >= 0.6 is 0 Å². The molecule has 1 saturated carbocycles. The van der Waals surface area contributed by atoms with Crippen LogP contribution in [0.3, 0.4) is 0 Å². The average molecular weight is 289 g/mol. The minimum absolute atomic E-state index is 0.281. The highest BCUT2D eigenvalue weighted by Crippen LogP contribution is 2.43. The molecule has 1 rings (SSSR count). The SMILES string of the molecule is CCS(=O)(=O)CCCC1CC(C)(C)CCC1CNC. The molecule has 114 valence electrons. The van der Waals surface area contributed by atoms with E-state index >= 15 is 0 Å². The predicted molar refractivity (Wildman–Crippen MR) is 82.1 cm³/mol. The van der Waals surface area contributed by atoms with Gasteiger partial charge in [0.25, 0.3) is 0 Å². The lowest BCUT2D eigenvalue weighted by Crippen LogP contribution is -2.35. The minimum Gasteiger partial charge on any atom is -0.319 e. The Morgan fingerprint density at radius 2 is 1.95 bits per heavy atom. The standard InChI is InChI=1S/C15H31NO2S/c1-5-19(17,18)10-6-7-13-11-15(2,3)9-8-14(13)12-16-4/h13-14,16H,5-12H2,1-4H3. The molecule has 3 nitrogen and oxygen atoms in total. The third kappa shape index (κ3) is 5.82. The van der Waals surface area contributed by atoms with Crippen LogP contribution in [0.15, 0.2) is 0 Å². The van der Waals surface area contributed by atoms with Gasteiger partial charge in [-0.2, -0.15) is 0 Å². The highest BCUT2D eigenvalue weighted by atomic mass is 32.2. The van der Waals surface area contributed by atoms with Crippen LogP contribution in [0.1, 0.15) is 52.9 Å². The van der Waals surface area contributed by atoms with Crippen LogP contribution in [-0.4, -0.2) is 33.5 Å². The molecular weight excluding hydrogens is 258 g/mol. The molecule has 0 saturated heterocycles. The van der Waals surface area contributed by atoms with Crippen molar-refractivity contribution in [3.63, 3.8) is 0 Å². The van der Waals surface area contributed by atoms with Crippen molar-refractivity contribution in [2.24, 2.45) is 17.3 Å². The molecule has 2 atom stereocenters. The summed E-state index contributed by atoms with van der Waals surface area (Å²) in [4.78, 5) is 0. The predicted octanol–water partition coefficient (Wildman–Crippen LogP) is 2.86. The zero-order chi connectivity index (χ0) is 14.5. The Kier molecular flexibility index (Phi) is 6.31. The van der Waals surface area contributed by atoms with E-state index in [4.69, 9.17) is 0 Å². The van der Waals surface area contributed by atoms with E-state index in [-0.39, 0.29) is 5.75 Å². The first kappa shape index (κ1) is 17.0. The van der Waals surface area contributed by atoms with Crippen molar-refractivity contribution in [1.29, 1.82) is 0 Å². The van der Waals surface area contributed by atoms with Crippen molar-refractivity contribution in [3.8, 4) is 0 Å². The maximum absolute atomic E-state index is 11.6. The van der Waals surface area contributed by atoms with Crippen molar-refractivity contribution in [2.45, 2.75) is 52.9 Å². The molecule has 0 bridgehead atoms. The summed E-state index contributed by atoms with van der Waals surface area (Å²) in [5.41, 5.74) is 0.429. The van der Waals surface area contributed by atoms with Gasteiger partial charge in [0, 0.05) is 5.75 Å². The highest BCUT2D eigenvalue weighted by molar-refractivity contribution is 7.91. The summed E-state index contributed by atoms with van der Waals surface area (Å²) in [6.07, 6.45) is 5.71. The van der Waals surface area contributed by atoms with Gasteiger partial charge in [-0.15, -0.1) is 0 Å². The van der Waals surface area contributed by atoms with Gasteiger partial charge < -0.3 is 5.32 Å². The lowest BCUT2D eigenvalue weighted by Gasteiger charge is -2.41. The number of hydrogen-bond donors (Lipinski definition) is 1. The van der Waals surface area contributed by atoms with E-state index in [0.29, 0.717) is 17.1 Å². The summed E-state index contributed by atoms with van der Waals surface area (Å²) in [6.45, 7) is 7.50. The van der Waals surface area contributed by atoms with Gasteiger partial charge in [-0.1, -0.05) is 20.8 Å². The fourth-order valence-electron chi connectivity index (χ4n) is 3.37. The van der Waals surface area contributed by atoms with Crippen LogP contribution < -0.4 is 5.32 Å². The third-order valence-corrected chi connectivity index (χ3v) is 6.40. The van der Waals surface area contributed by atoms with Gasteiger partial charge in [0.15, 0.2) is 0 Å². The van der Waals surface area contributed by atoms with Crippen molar-refractivity contribution >= 4 is 9.84 Å². The van der Waals surface area contributed by atoms with E-state index in [1.165, 1.54) is 19.3 Å². The van der Waals surface area contributed by atoms with Gasteiger partial charge in [0.1, 0.15) is 9.84 Å². The number of nitrogens with one attached hydrogen (secondary N) is 1. The Morgan fingerprint density at radius 3 is 2.53 bits per heavy atom. The Bertz CT molecular complexity index is 362. The van der Waals surface area contributed by atoms with E-state index < -0.39 is 9.84 Å². The molecule has 1 aliphatic rings. The molecule has 0 aromatic heterocycles. The first-order valence-electron chi connectivity index (χ1n) is 7.64. The second-order valence-corrected chi connectivity index (χ2v) is 9.34. The minimum atomic E-state index is -2.79. The Hall–Kier alpha value is -0.0900. The van der Waals surface area contributed by atoms with Gasteiger partial charge in [-0.05, 0) is 62.9 Å². The fraction of sp³-hybridized carbons (Fsp3) is 1.00. The summed E-state index contributed by atoms with van der Waals surface area (Å²) < 4.78 is 23.1. The Morgan fingerprint density at radius 1 is 1.26 bits per heavy atom. The molecular formula is C15H31NO2S. The Labute approximate surface area is 119 Å². The summed E-state index contributed by atoms with van der Waals surface area (Å²) in [7, 11) is -0.782. The molecule has 0 radical (unpaired) electrons. The van der Waals surface area contributed by atoms with Crippen molar-refractivity contribution in [3.05, 3.63) is 0 Å². The normalized spacial score (nSPS) is 27.4. The lowest BCUT2D eigenvalue weighted by atomic mass is 9.66. The zero-order valence-corrected chi connectivity index (χ0v) is 13.9. The molecule has 0 spiro atoms. The first-order valence-corrected chi connectivity index (χ1v) is 9.47. The summed E-state index contributed by atoms with van der Waals surface area (Å²) in [6, 6.07) is 0. The summed E-state index contributed by atoms with van der Waals surface area (Å²) in [5.74, 6) is 2.06. The van der Waals surface area contributed by atoms with Gasteiger partial charge in [0.2, 0.25) is 0 Å². The molecule has 0 aromatic carbocycles. The lowest BCUT2D eigenvalue weighted by molar-refractivity contribution is 0.110. The highest BCUT2D eigenvalue weighted by Gasteiger charge is 2.34. The molecule has 0 heterocycles.